The van der Waals surface area contributed by atoms with Gasteiger partial charge in [0, 0.05) is 43.0 Å². The average Bonchev–Trinajstić information content (AvgIpc) is 3.28. The van der Waals surface area contributed by atoms with Crippen molar-refractivity contribution in [1.29, 1.82) is 0 Å². The van der Waals surface area contributed by atoms with Crippen LogP contribution < -0.4 is 0 Å². The Morgan fingerprint density at radius 2 is 1.81 bits per heavy atom. The van der Waals surface area contributed by atoms with Gasteiger partial charge in [0.15, 0.2) is 0 Å². The van der Waals surface area contributed by atoms with Gasteiger partial charge in [0.1, 0.15) is 0 Å². The van der Waals surface area contributed by atoms with Crippen molar-refractivity contribution < 1.29 is 4.79 Å². The summed E-state index contributed by atoms with van der Waals surface area (Å²) in [6.07, 6.45) is 8.16. The summed E-state index contributed by atoms with van der Waals surface area (Å²) in [7, 11) is 0. The molecule has 0 bridgehead atoms. The molecular formula is C22H23N3OS. The summed E-state index contributed by atoms with van der Waals surface area (Å²) in [5.74, 6) is 0.574. The smallest absolute Gasteiger partial charge is 0.230 e. The second-order valence-corrected chi connectivity index (χ2v) is 7.92. The molecule has 1 aliphatic heterocycles. The number of hydrogen-bond acceptors (Lipinski definition) is 4. The molecule has 3 aromatic rings. The van der Waals surface area contributed by atoms with E-state index in [1.807, 2.05) is 46.8 Å². The predicted octanol–water partition coefficient (Wildman–Crippen LogP) is 4.27. The molecule has 0 radical (unpaired) electrons. The van der Waals surface area contributed by atoms with Crippen LogP contribution in [0.4, 0.5) is 0 Å². The number of piperidine rings is 1. The van der Waals surface area contributed by atoms with Gasteiger partial charge in [-0.15, -0.1) is 11.3 Å². The molecule has 1 aromatic carbocycles. The molecule has 5 heteroatoms. The standard InChI is InChI=1S/C22H23N3OS/c26-22(25-13-8-19(9-14-25)21-24-12-15-27-21)20(18-4-2-1-3-5-18)16-17-6-10-23-11-7-17/h1-7,10-12,15,19-20H,8-9,13-14,16H2. The van der Waals surface area contributed by atoms with Crippen LogP contribution in [0.2, 0.25) is 0 Å². The van der Waals surface area contributed by atoms with Gasteiger partial charge in [0.25, 0.3) is 0 Å². The van der Waals surface area contributed by atoms with Crippen LogP contribution in [-0.4, -0.2) is 33.9 Å². The summed E-state index contributed by atoms with van der Waals surface area (Å²) < 4.78 is 0. The summed E-state index contributed by atoms with van der Waals surface area (Å²) >= 11 is 1.72. The van der Waals surface area contributed by atoms with Crippen LogP contribution in [0.3, 0.4) is 0 Å². The Balaban J connectivity index is 1.49. The number of aromatic nitrogens is 2. The summed E-state index contributed by atoms with van der Waals surface area (Å²) in [4.78, 5) is 24.0. The van der Waals surface area contributed by atoms with E-state index >= 15 is 0 Å². The summed E-state index contributed by atoms with van der Waals surface area (Å²) in [5, 5.41) is 3.24. The average molecular weight is 378 g/mol. The third-order valence-corrected chi connectivity index (χ3v) is 6.23. The third kappa shape index (κ3) is 4.25. The lowest BCUT2D eigenvalue weighted by Gasteiger charge is -2.34. The van der Waals surface area contributed by atoms with E-state index in [9.17, 15) is 4.79 Å². The van der Waals surface area contributed by atoms with Crippen molar-refractivity contribution in [2.45, 2.75) is 31.1 Å². The summed E-state index contributed by atoms with van der Waals surface area (Å²) in [5.41, 5.74) is 2.23. The van der Waals surface area contributed by atoms with Gasteiger partial charge in [0.2, 0.25) is 5.91 Å². The zero-order valence-corrected chi connectivity index (χ0v) is 16.0. The fraction of sp³-hybridized carbons (Fsp3) is 0.318. The minimum atomic E-state index is -0.148. The first-order chi connectivity index (χ1) is 13.3. The number of thiazole rings is 1. The lowest BCUT2D eigenvalue weighted by Crippen LogP contribution is -2.41. The van der Waals surface area contributed by atoms with Crippen LogP contribution in [0.15, 0.2) is 66.4 Å². The van der Waals surface area contributed by atoms with E-state index in [4.69, 9.17) is 0 Å². The van der Waals surface area contributed by atoms with Crippen molar-refractivity contribution in [3.8, 4) is 0 Å². The molecule has 1 atom stereocenters. The summed E-state index contributed by atoms with van der Waals surface area (Å²) in [6.45, 7) is 1.62. The maximum Gasteiger partial charge on any atom is 0.230 e. The molecule has 1 amide bonds. The number of likely N-dealkylation sites (tertiary alicyclic amines) is 1. The van der Waals surface area contributed by atoms with Gasteiger partial charge in [-0.3, -0.25) is 9.78 Å². The van der Waals surface area contributed by atoms with Gasteiger partial charge in [-0.2, -0.15) is 0 Å². The maximum atomic E-state index is 13.4. The molecule has 0 spiro atoms. The number of amides is 1. The monoisotopic (exact) mass is 377 g/mol. The number of nitrogens with zero attached hydrogens (tertiary/aromatic N) is 3. The van der Waals surface area contributed by atoms with Gasteiger partial charge < -0.3 is 4.90 Å². The first-order valence-corrected chi connectivity index (χ1v) is 10.3. The normalized spacial score (nSPS) is 16.2. The lowest BCUT2D eigenvalue weighted by molar-refractivity contribution is -0.133. The first-order valence-electron chi connectivity index (χ1n) is 9.43. The van der Waals surface area contributed by atoms with Gasteiger partial charge >= 0.3 is 0 Å². The minimum absolute atomic E-state index is 0.148. The van der Waals surface area contributed by atoms with Crippen LogP contribution in [0, 0.1) is 0 Å². The molecule has 1 saturated heterocycles. The largest absolute Gasteiger partial charge is 0.342 e. The van der Waals surface area contributed by atoms with Crippen molar-refractivity contribution in [2.24, 2.45) is 0 Å². The number of pyridine rings is 1. The fourth-order valence-electron chi connectivity index (χ4n) is 3.79. The van der Waals surface area contributed by atoms with Crippen molar-refractivity contribution >= 4 is 17.2 Å². The van der Waals surface area contributed by atoms with Gasteiger partial charge in [-0.05, 0) is 42.5 Å². The number of benzene rings is 1. The van der Waals surface area contributed by atoms with Gasteiger partial charge in [-0.25, -0.2) is 4.98 Å². The van der Waals surface area contributed by atoms with E-state index < -0.39 is 0 Å². The Morgan fingerprint density at radius 1 is 1.07 bits per heavy atom. The van der Waals surface area contributed by atoms with E-state index in [2.05, 4.69) is 22.1 Å². The van der Waals surface area contributed by atoms with E-state index in [1.165, 1.54) is 5.01 Å². The molecule has 4 nitrogen and oxygen atoms in total. The predicted molar refractivity (Wildman–Crippen MR) is 108 cm³/mol. The number of rotatable bonds is 5. The minimum Gasteiger partial charge on any atom is -0.342 e. The molecule has 4 rings (SSSR count). The molecule has 1 unspecified atom stereocenters. The van der Waals surface area contributed by atoms with E-state index in [0.29, 0.717) is 12.3 Å². The zero-order chi connectivity index (χ0) is 18.5. The first kappa shape index (κ1) is 17.9. The Kier molecular flexibility index (Phi) is 5.58. The molecule has 1 fully saturated rings. The highest BCUT2D eigenvalue weighted by atomic mass is 32.1. The lowest BCUT2D eigenvalue weighted by atomic mass is 9.89. The van der Waals surface area contributed by atoms with Crippen LogP contribution in [0.1, 0.15) is 40.8 Å². The Morgan fingerprint density at radius 3 is 2.48 bits per heavy atom. The van der Waals surface area contributed by atoms with Crippen LogP contribution in [0.25, 0.3) is 0 Å². The zero-order valence-electron chi connectivity index (χ0n) is 15.2. The Labute approximate surface area is 163 Å². The van der Waals surface area contributed by atoms with Crippen molar-refractivity contribution in [2.75, 3.05) is 13.1 Å². The van der Waals surface area contributed by atoms with Crippen LogP contribution in [-0.2, 0) is 11.2 Å². The second kappa shape index (κ2) is 8.44. The van der Waals surface area contributed by atoms with E-state index in [1.54, 1.807) is 23.7 Å². The van der Waals surface area contributed by atoms with Crippen LogP contribution in [0.5, 0.6) is 0 Å². The molecule has 1 aliphatic rings. The fourth-order valence-corrected chi connectivity index (χ4v) is 4.60. The maximum absolute atomic E-state index is 13.4. The molecule has 3 heterocycles. The second-order valence-electron chi connectivity index (χ2n) is 6.99. The third-order valence-electron chi connectivity index (χ3n) is 5.30. The highest BCUT2D eigenvalue weighted by molar-refractivity contribution is 7.09. The highest BCUT2D eigenvalue weighted by Crippen LogP contribution is 2.31. The van der Waals surface area contributed by atoms with E-state index in [-0.39, 0.29) is 11.8 Å². The number of hydrogen-bond donors (Lipinski definition) is 0. The topological polar surface area (TPSA) is 46.1 Å². The van der Waals surface area contributed by atoms with Crippen molar-refractivity contribution in [3.63, 3.8) is 0 Å². The van der Waals surface area contributed by atoms with Crippen molar-refractivity contribution in [1.82, 2.24) is 14.9 Å². The molecule has 0 N–H and O–H groups in total. The van der Waals surface area contributed by atoms with Gasteiger partial charge in [0.05, 0.1) is 10.9 Å². The molecule has 2 aromatic heterocycles. The molecule has 138 valence electrons. The SMILES string of the molecule is O=C(C(Cc1ccncc1)c1ccccc1)N1CCC(c2nccs2)CC1. The number of carbonyl (C=O) groups excluding carboxylic acids is 1. The van der Waals surface area contributed by atoms with Gasteiger partial charge in [-0.1, -0.05) is 30.3 Å². The highest BCUT2D eigenvalue weighted by Gasteiger charge is 2.30. The molecule has 0 saturated carbocycles. The molecular weight excluding hydrogens is 354 g/mol. The molecule has 27 heavy (non-hydrogen) atoms. The van der Waals surface area contributed by atoms with Crippen LogP contribution >= 0.6 is 11.3 Å². The number of carbonyl (C=O) groups is 1. The quantitative estimate of drug-likeness (QED) is 0.667. The van der Waals surface area contributed by atoms with Crippen molar-refractivity contribution in [3.05, 3.63) is 82.6 Å². The van der Waals surface area contributed by atoms with E-state index in [0.717, 1.165) is 37.1 Å². The molecule has 0 aliphatic carbocycles. The Bertz CT molecular complexity index is 844. The summed E-state index contributed by atoms with van der Waals surface area (Å²) in [6, 6.07) is 14.1. The Hall–Kier alpha value is -2.53.